The summed E-state index contributed by atoms with van der Waals surface area (Å²) >= 11 is 0. The summed E-state index contributed by atoms with van der Waals surface area (Å²) in [5, 5.41) is 0. The maximum Gasteiger partial charge on any atom is 0.101 e. The molecule has 1 atom stereocenters. The van der Waals surface area contributed by atoms with Gasteiger partial charge >= 0.3 is 0 Å². The van der Waals surface area contributed by atoms with Crippen molar-refractivity contribution in [2.75, 3.05) is 6.54 Å². The monoisotopic (exact) mass is 131 g/mol. The van der Waals surface area contributed by atoms with Gasteiger partial charge < -0.3 is 5.73 Å². The third kappa shape index (κ3) is 1.42. The first-order valence-corrected chi connectivity index (χ1v) is 3.58. The van der Waals surface area contributed by atoms with E-state index in [1.54, 1.807) is 0 Å². The van der Waals surface area contributed by atoms with Gasteiger partial charge in [-0.05, 0) is 31.2 Å². The van der Waals surface area contributed by atoms with E-state index in [1.165, 1.54) is 0 Å². The topological polar surface area (TPSA) is 26.0 Å². The van der Waals surface area contributed by atoms with E-state index in [-0.39, 0.29) is 0 Å². The van der Waals surface area contributed by atoms with Gasteiger partial charge in [-0.1, -0.05) is 6.92 Å². The van der Waals surface area contributed by atoms with Crippen LogP contribution in [0.15, 0.2) is 0 Å². The Morgan fingerprint density at radius 3 is 2.56 bits per heavy atom. The molecule has 1 fully saturated rings. The van der Waals surface area contributed by atoms with Crippen LogP contribution in [0, 0.1) is 11.8 Å². The molecule has 1 nitrogen and oxygen atoms in total. The van der Waals surface area contributed by atoms with Gasteiger partial charge in [0.15, 0.2) is 0 Å². The van der Waals surface area contributed by atoms with Crippen LogP contribution in [-0.4, -0.2) is 12.7 Å². The predicted molar refractivity (Wildman–Crippen MR) is 35.8 cm³/mol. The van der Waals surface area contributed by atoms with Crippen molar-refractivity contribution >= 4 is 0 Å². The molecule has 0 aliphatic heterocycles. The highest BCUT2D eigenvalue weighted by molar-refractivity contribution is 4.82. The molecule has 0 aromatic carbocycles. The Morgan fingerprint density at radius 1 is 1.67 bits per heavy atom. The van der Waals surface area contributed by atoms with Crippen LogP contribution < -0.4 is 5.73 Å². The first-order chi connectivity index (χ1) is 4.24. The Labute approximate surface area is 55.4 Å². The standard InChI is InChI=1S/C7H14FN/c1-5(4-9)6-2-7(8)3-6/h5-7H,2-4,9H2,1H3/t5-,6?,7?/m0/s1. The minimum atomic E-state index is -0.524. The second-order valence-electron chi connectivity index (χ2n) is 3.04. The van der Waals surface area contributed by atoms with Crippen LogP contribution >= 0.6 is 0 Å². The normalized spacial score (nSPS) is 37.7. The van der Waals surface area contributed by atoms with Crippen LogP contribution in [0.4, 0.5) is 4.39 Å². The molecule has 54 valence electrons. The maximum atomic E-state index is 12.2. The highest BCUT2D eigenvalue weighted by Crippen LogP contribution is 2.35. The van der Waals surface area contributed by atoms with Crippen LogP contribution in [0.5, 0.6) is 0 Å². The van der Waals surface area contributed by atoms with Crippen molar-refractivity contribution < 1.29 is 4.39 Å². The lowest BCUT2D eigenvalue weighted by Crippen LogP contribution is -2.33. The van der Waals surface area contributed by atoms with E-state index in [0.29, 0.717) is 18.4 Å². The fourth-order valence-corrected chi connectivity index (χ4v) is 1.25. The molecule has 0 heterocycles. The molecular weight excluding hydrogens is 117 g/mol. The van der Waals surface area contributed by atoms with Crippen molar-refractivity contribution in [3.63, 3.8) is 0 Å². The summed E-state index contributed by atoms with van der Waals surface area (Å²) < 4.78 is 12.2. The fourth-order valence-electron chi connectivity index (χ4n) is 1.25. The van der Waals surface area contributed by atoms with Gasteiger partial charge in [0.2, 0.25) is 0 Å². The van der Waals surface area contributed by atoms with Crippen LogP contribution in [0.25, 0.3) is 0 Å². The van der Waals surface area contributed by atoms with Crippen molar-refractivity contribution in [1.82, 2.24) is 0 Å². The molecule has 0 spiro atoms. The summed E-state index contributed by atoms with van der Waals surface area (Å²) in [5.41, 5.74) is 5.41. The molecule has 1 rings (SSSR count). The molecule has 1 aliphatic rings. The Kier molecular flexibility index (Phi) is 2.06. The van der Waals surface area contributed by atoms with Crippen LogP contribution in [0.1, 0.15) is 19.8 Å². The van der Waals surface area contributed by atoms with E-state index >= 15 is 0 Å². The zero-order valence-electron chi connectivity index (χ0n) is 5.81. The van der Waals surface area contributed by atoms with Crippen LogP contribution in [0.2, 0.25) is 0 Å². The van der Waals surface area contributed by atoms with E-state index in [2.05, 4.69) is 6.92 Å². The summed E-state index contributed by atoms with van der Waals surface area (Å²) in [7, 11) is 0. The third-order valence-electron chi connectivity index (χ3n) is 2.29. The Bertz CT molecular complexity index is 88.9. The average molecular weight is 131 g/mol. The molecule has 0 unspecified atom stereocenters. The van der Waals surface area contributed by atoms with E-state index in [4.69, 9.17) is 5.73 Å². The van der Waals surface area contributed by atoms with Crippen molar-refractivity contribution in [3.05, 3.63) is 0 Å². The fraction of sp³-hybridized carbons (Fsp3) is 1.00. The summed E-state index contributed by atoms with van der Waals surface area (Å²) in [6.07, 6.45) is 0.973. The molecule has 2 N–H and O–H groups in total. The Balaban J connectivity index is 2.15. The first-order valence-electron chi connectivity index (χ1n) is 3.58. The number of alkyl halides is 1. The summed E-state index contributed by atoms with van der Waals surface area (Å²) in [5.74, 6) is 1.10. The molecule has 1 saturated carbocycles. The average Bonchev–Trinajstić information content (AvgIpc) is 1.79. The van der Waals surface area contributed by atoms with Gasteiger partial charge in [-0.2, -0.15) is 0 Å². The maximum absolute atomic E-state index is 12.2. The second-order valence-corrected chi connectivity index (χ2v) is 3.04. The summed E-state index contributed by atoms with van der Waals surface area (Å²) in [6.45, 7) is 2.80. The first kappa shape index (κ1) is 7.00. The van der Waals surface area contributed by atoms with Gasteiger partial charge in [-0.15, -0.1) is 0 Å². The van der Waals surface area contributed by atoms with Gasteiger partial charge in [0.1, 0.15) is 6.17 Å². The molecule has 0 bridgehead atoms. The van der Waals surface area contributed by atoms with Crippen molar-refractivity contribution in [2.45, 2.75) is 25.9 Å². The van der Waals surface area contributed by atoms with Gasteiger partial charge in [0.05, 0.1) is 0 Å². The number of hydrogen-bond donors (Lipinski definition) is 1. The largest absolute Gasteiger partial charge is 0.330 e. The Morgan fingerprint density at radius 2 is 2.22 bits per heavy atom. The lowest BCUT2D eigenvalue weighted by Gasteiger charge is -2.33. The lowest BCUT2D eigenvalue weighted by molar-refractivity contribution is 0.0929. The van der Waals surface area contributed by atoms with Gasteiger partial charge in [-0.3, -0.25) is 0 Å². The van der Waals surface area contributed by atoms with E-state index < -0.39 is 6.17 Å². The number of hydrogen-bond acceptors (Lipinski definition) is 1. The predicted octanol–water partition coefficient (Wildman–Crippen LogP) is 1.33. The quantitative estimate of drug-likeness (QED) is 0.601. The van der Waals surface area contributed by atoms with Gasteiger partial charge in [0, 0.05) is 0 Å². The smallest absolute Gasteiger partial charge is 0.101 e. The summed E-state index contributed by atoms with van der Waals surface area (Å²) in [6, 6.07) is 0. The van der Waals surface area contributed by atoms with Crippen molar-refractivity contribution in [3.8, 4) is 0 Å². The van der Waals surface area contributed by atoms with Crippen LogP contribution in [0.3, 0.4) is 0 Å². The van der Waals surface area contributed by atoms with Gasteiger partial charge in [0.25, 0.3) is 0 Å². The highest BCUT2D eigenvalue weighted by Gasteiger charge is 2.31. The third-order valence-corrected chi connectivity index (χ3v) is 2.29. The van der Waals surface area contributed by atoms with E-state index in [1.807, 2.05) is 0 Å². The minimum Gasteiger partial charge on any atom is -0.330 e. The molecule has 0 aromatic rings. The second kappa shape index (κ2) is 2.65. The molecule has 0 aromatic heterocycles. The van der Waals surface area contributed by atoms with Crippen molar-refractivity contribution in [2.24, 2.45) is 17.6 Å². The molecule has 1 aliphatic carbocycles. The number of halogens is 1. The Hall–Kier alpha value is -0.110. The van der Waals surface area contributed by atoms with Gasteiger partial charge in [-0.25, -0.2) is 4.39 Å². The molecule has 2 heteroatoms. The molecular formula is C7H14FN. The number of nitrogens with two attached hydrogens (primary N) is 1. The number of rotatable bonds is 2. The van der Waals surface area contributed by atoms with E-state index in [9.17, 15) is 4.39 Å². The lowest BCUT2D eigenvalue weighted by atomic mass is 9.75. The minimum absolute atomic E-state index is 0.524. The SMILES string of the molecule is C[C@@H](CN)C1CC(F)C1. The summed E-state index contributed by atoms with van der Waals surface area (Å²) in [4.78, 5) is 0. The molecule has 0 radical (unpaired) electrons. The molecule has 9 heavy (non-hydrogen) atoms. The van der Waals surface area contributed by atoms with Crippen LogP contribution in [-0.2, 0) is 0 Å². The van der Waals surface area contributed by atoms with Crippen molar-refractivity contribution in [1.29, 1.82) is 0 Å². The molecule has 0 amide bonds. The zero-order valence-corrected chi connectivity index (χ0v) is 5.81. The zero-order chi connectivity index (χ0) is 6.85. The van der Waals surface area contributed by atoms with E-state index in [0.717, 1.165) is 12.8 Å². The highest BCUT2D eigenvalue weighted by atomic mass is 19.1. The molecule has 0 saturated heterocycles.